The largest absolute Gasteiger partial charge is 0.468 e. The third-order valence-corrected chi connectivity index (χ3v) is 6.91. The number of hydrogen-bond donors (Lipinski definition) is 1. The summed E-state index contributed by atoms with van der Waals surface area (Å²) in [6, 6.07) is 8.16. The average Bonchev–Trinajstić information content (AvgIpc) is 3.02. The van der Waals surface area contributed by atoms with E-state index in [1.54, 1.807) is 26.0 Å². The van der Waals surface area contributed by atoms with Gasteiger partial charge in [0.2, 0.25) is 10.0 Å². The van der Waals surface area contributed by atoms with Crippen LogP contribution in [0.3, 0.4) is 0 Å². The second-order valence-corrected chi connectivity index (χ2v) is 9.36. The molecule has 0 aliphatic rings. The first-order chi connectivity index (χ1) is 13.1. The highest BCUT2D eigenvalue weighted by molar-refractivity contribution is 7.89. The number of nitro groups is 1. The fraction of sp³-hybridized carbons (Fsp3) is 0.278. The van der Waals surface area contributed by atoms with Crippen molar-refractivity contribution < 1.29 is 22.9 Å². The van der Waals surface area contributed by atoms with Gasteiger partial charge in [-0.1, -0.05) is 19.9 Å². The van der Waals surface area contributed by atoms with Crippen LogP contribution in [-0.4, -0.2) is 32.5 Å². The number of esters is 1. The Bertz CT molecular complexity index is 1180. The van der Waals surface area contributed by atoms with E-state index >= 15 is 0 Å². The molecule has 0 fully saturated rings. The van der Waals surface area contributed by atoms with Crippen LogP contribution in [0.2, 0.25) is 0 Å². The molecule has 3 aromatic rings. The van der Waals surface area contributed by atoms with E-state index in [0.717, 1.165) is 10.8 Å². The van der Waals surface area contributed by atoms with Crippen molar-refractivity contribution in [2.75, 3.05) is 7.11 Å². The Morgan fingerprint density at radius 3 is 2.32 bits per heavy atom. The Labute approximate surface area is 165 Å². The van der Waals surface area contributed by atoms with Crippen LogP contribution in [0.1, 0.15) is 13.8 Å². The summed E-state index contributed by atoms with van der Waals surface area (Å²) in [7, 11) is -2.76. The highest BCUT2D eigenvalue weighted by atomic mass is 32.2. The number of benzene rings is 2. The van der Waals surface area contributed by atoms with Crippen molar-refractivity contribution in [1.82, 2.24) is 4.72 Å². The Morgan fingerprint density at radius 2 is 1.75 bits per heavy atom. The highest BCUT2D eigenvalue weighted by Crippen LogP contribution is 2.36. The van der Waals surface area contributed by atoms with E-state index in [2.05, 4.69) is 9.46 Å². The van der Waals surface area contributed by atoms with Crippen LogP contribution < -0.4 is 4.72 Å². The molecule has 8 nitrogen and oxygen atoms in total. The Morgan fingerprint density at radius 1 is 1.14 bits per heavy atom. The fourth-order valence-electron chi connectivity index (χ4n) is 2.85. The number of nitro benzene ring substituents is 1. The Kier molecular flexibility index (Phi) is 5.37. The zero-order chi connectivity index (χ0) is 20.6. The number of carbonyl (C=O) groups excluding carboxylic acids is 1. The van der Waals surface area contributed by atoms with Gasteiger partial charge in [-0.2, -0.15) is 4.72 Å². The smallest absolute Gasteiger partial charge is 0.324 e. The quantitative estimate of drug-likeness (QED) is 0.370. The van der Waals surface area contributed by atoms with Crippen LogP contribution in [-0.2, 0) is 19.6 Å². The first kappa shape index (κ1) is 20.2. The minimum atomic E-state index is -3.96. The summed E-state index contributed by atoms with van der Waals surface area (Å²) >= 11 is 1.27. The van der Waals surface area contributed by atoms with Crippen LogP contribution in [0.15, 0.2) is 41.3 Å². The Balaban J connectivity index is 2.04. The van der Waals surface area contributed by atoms with Crippen molar-refractivity contribution in [2.24, 2.45) is 5.92 Å². The molecule has 0 unspecified atom stereocenters. The number of nitrogens with zero attached hydrogens (tertiary/aromatic N) is 1. The van der Waals surface area contributed by atoms with Crippen LogP contribution in [0.4, 0.5) is 5.69 Å². The van der Waals surface area contributed by atoms with Gasteiger partial charge in [0.05, 0.1) is 16.9 Å². The van der Waals surface area contributed by atoms with Crippen LogP contribution in [0.5, 0.6) is 0 Å². The molecule has 0 aliphatic carbocycles. The number of fused-ring (bicyclic) bond motifs is 3. The van der Waals surface area contributed by atoms with Crippen molar-refractivity contribution in [2.45, 2.75) is 24.8 Å². The molecular weight excluding hydrogens is 404 g/mol. The number of methoxy groups -OCH3 is 1. The summed E-state index contributed by atoms with van der Waals surface area (Å²) in [6.45, 7) is 3.43. The number of ether oxygens (including phenoxy) is 1. The van der Waals surface area contributed by atoms with E-state index < -0.39 is 27.0 Å². The molecule has 0 saturated carbocycles. The lowest BCUT2D eigenvalue weighted by atomic mass is 10.1. The lowest BCUT2D eigenvalue weighted by Gasteiger charge is -2.19. The number of non-ortho nitro benzene ring substituents is 1. The van der Waals surface area contributed by atoms with Gasteiger partial charge in [0.15, 0.2) is 0 Å². The monoisotopic (exact) mass is 422 g/mol. The van der Waals surface area contributed by atoms with Gasteiger partial charge in [0.25, 0.3) is 5.69 Å². The van der Waals surface area contributed by atoms with Crippen molar-refractivity contribution >= 4 is 53.2 Å². The van der Waals surface area contributed by atoms with Gasteiger partial charge in [0, 0.05) is 32.3 Å². The molecule has 0 aliphatic heterocycles. The van der Waals surface area contributed by atoms with Crippen LogP contribution in [0, 0.1) is 16.0 Å². The maximum atomic E-state index is 12.8. The summed E-state index contributed by atoms with van der Waals surface area (Å²) in [5.74, 6) is -0.954. The summed E-state index contributed by atoms with van der Waals surface area (Å²) < 4.78 is 34.0. The highest BCUT2D eigenvalue weighted by Gasteiger charge is 2.29. The summed E-state index contributed by atoms with van der Waals surface area (Å²) in [5, 5.41) is 12.6. The third kappa shape index (κ3) is 3.71. The number of nitrogens with one attached hydrogen (secondary N) is 1. The number of carbonyl (C=O) groups is 1. The molecule has 148 valence electrons. The van der Waals surface area contributed by atoms with Gasteiger partial charge in [-0.25, -0.2) is 8.42 Å². The molecule has 1 N–H and O–H groups in total. The van der Waals surface area contributed by atoms with E-state index in [1.165, 1.54) is 42.7 Å². The van der Waals surface area contributed by atoms with Gasteiger partial charge in [0.1, 0.15) is 6.04 Å². The van der Waals surface area contributed by atoms with Gasteiger partial charge in [-0.05, 0) is 24.1 Å². The molecule has 0 spiro atoms. The van der Waals surface area contributed by atoms with E-state index in [4.69, 9.17) is 0 Å². The lowest BCUT2D eigenvalue weighted by molar-refractivity contribution is -0.384. The number of rotatable bonds is 6. The number of sulfonamides is 1. The minimum Gasteiger partial charge on any atom is -0.468 e. The van der Waals surface area contributed by atoms with Gasteiger partial charge >= 0.3 is 5.97 Å². The fourth-order valence-corrected chi connectivity index (χ4v) is 5.46. The first-order valence-electron chi connectivity index (χ1n) is 8.35. The molecule has 28 heavy (non-hydrogen) atoms. The molecule has 1 atom stereocenters. The maximum absolute atomic E-state index is 12.8. The molecule has 0 amide bonds. The molecule has 10 heteroatoms. The lowest BCUT2D eigenvalue weighted by Crippen LogP contribution is -2.44. The molecule has 2 aromatic carbocycles. The maximum Gasteiger partial charge on any atom is 0.324 e. The predicted molar refractivity (Wildman–Crippen MR) is 107 cm³/mol. The molecular formula is C18H18N2O6S2. The molecule has 0 saturated heterocycles. The van der Waals surface area contributed by atoms with Gasteiger partial charge in [-0.15, -0.1) is 11.3 Å². The topological polar surface area (TPSA) is 116 Å². The summed E-state index contributed by atoms with van der Waals surface area (Å²) in [4.78, 5) is 22.4. The zero-order valence-electron chi connectivity index (χ0n) is 15.3. The van der Waals surface area contributed by atoms with E-state index in [1.807, 2.05) is 0 Å². The third-order valence-electron chi connectivity index (χ3n) is 4.35. The van der Waals surface area contributed by atoms with Crippen molar-refractivity contribution in [3.63, 3.8) is 0 Å². The number of thiophene rings is 1. The van der Waals surface area contributed by atoms with Crippen LogP contribution >= 0.6 is 11.3 Å². The molecule has 3 rings (SSSR count). The SMILES string of the molecule is COC(=O)[C@@H](NS(=O)(=O)c1ccc2c(c1)sc1cc([N+](=O)[O-])ccc12)C(C)C. The molecule has 0 bridgehead atoms. The van der Waals surface area contributed by atoms with E-state index in [0.29, 0.717) is 9.40 Å². The molecule has 1 aromatic heterocycles. The first-order valence-corrected chi connectivity index (χ1v) is 10.6. The van der Waals surface area contributed by atoms with E-state index in [-0.39, 0.29) is 16.5 Å². The van der Waals surface area contributed by atoms with Crippen molar-refractivity contribution in [3.05, 3.63) is 46.5 Å². The van der Waals surface area contributed by atoms with Crippen LogP contribution in [0.25, 0.3) is 20.2 Å². The Hall–Kier alpha value is -2.56. The second kappa shape index (κ2) is 7.46. The average molecular weight is 422 g/mol. The van der Waals surface area contributed by atoms with E-state index in [9.17, 15) is 23.3 Å². The standard InChI is InChI=1S/C18H18N2O6S2/c1-10(2)17(18(21)26-3)19-28(24,25)12-5-7-14-13-6-4-11(20(22)23)8-15(13)27-16(14)9-12/h4-10,17,19H,1-3H3/t17-/m0/s1. The molecule has 0 radical (unpaired) electrons. The van der Waals surface area contributed by atoms with Gasteiger partial charge < -0.3 is 4.74 Å². The van der Waals surface area contributed by atoms with Crippen molar-refractivity contribution in [3.8, 4) is 0 Å². The summed E-state index contributed by atoms with van der Waals surface area (Å²) in [6.07, 6.45) is 0. The minimum absolute atomic E-state index is 0.00982. The zero-order valence-corrected chi connectivity index (χ0v) is 17.0. The van der Waals surface area contributed by atoms with Crippen molar-refractivity contribution in [1.29, 1.82) is 0 Å². The summed E-state index contributed by atoms with van der Waals surface area (Å²) in [5.41, 5.74) is -0.0218. The predicted octanol–water partition coefficient (Wildman–Crippen LogP) is 3.44. The van der Waals surface area contributed by atoms with Gasteiger partial charge in [-0.3, -0.25) is 14.9 Å². The second-order valence-electron chi connectivity index (χ2n) is 6.56. The molecule has 1 heterocycles. The number of hydrogen-bond acceptors (Lipinski definition) is 7. The normalized spacial score (nSPS) is 13.1.